The van der Waals surface area contributed by atoms with Crippen molar-refractivity contribution in [2.75, 3.05) is 17.3 Å². The molecule has 8 heteroatoms. The van der Waals surface area contributed by atoms with E-state index in [2.05, 4.69) is 10.6 Å². The quantitative estimate of drug-likeness (QED) is 0.725. The number of aromatic carboxylic acids is 1. The number of thioether (sulfide) groups is 1. The fraction of sp³-hybridized carbons (Fsp3) is 0.385. The fourth-order valence-electron chi connectivity index (χ4n) is 1.56. The second-order valence-electron chi connectivity index (χ2n) is 4.40. The average molecular weight is 351 g/mol. The van der Waals surface area contributed by atoms with Gasteiger partial charge in [0, 0.05) is 6.04 Å². The highest BCUT2D eigenvalue weighted by atomic mass is 35.5. The SMILES string of the molecule is CSCCC(C)NC(=O)Nc1c(Cl)cc(C(=O)O)cc1Cl. The summed E-state index contributed by atoms with van der Waals surface area (Å²) in [5.41, 5.74) is 0.155. The lowest BCUT2D eigenvalue weighted by molar-refractivity contribution is 0.0697. The van der Waals surface area contributed by atoms with Crippen molar-refractivity contribution >= 4 is 52.7 Å². The summed E-state index contributed by atoms with van der Waals surface area (Å²) in [6.07, 6.45) is 2.84. The molecule has 5 nitrogen and oxygen atoms in total. The summed E-state index contributed by atoms with van der Waals surface area (Å²) in [7, 11) is 0. The van der Waals surface area contributed by atoms with E-state index in [1.54, 1.807) is 11.8 Å². The first-order valence-corrected chi connectivity index (χ1v) is 8.29. The minimum absolute atomic E-state index is 0.00768. The van der Waals surface area contributed by atoms with Crippen molar-refractivity contribution in [1.82, 2.24) is 5.32 Å². The normalized spacial score (nSPS) is 11.8. The zero-order chi connectivity index (χ0) is 16.0. The minimum Gasteiger partial charge on any atom is -0.478 e. The zero-order valence-electron chi connectivity index (χ0n) is 11.6. The van der Waals surface area contributed by atoms with Gasteiger partial charge in [0.05, 0.1) is 21.3 Å². The largest absolute Gasteiger partial charge is 0.478 e. The van der Waals surface area contributed by atoms with Gasteiger partial charge in [0.25, 0.3) is 0 Å². The number of carboxylic acids is 1. The summed E-state index contributed by atoms with van der Waals surface area (Å²) in [4.78, 5) is 22.7. The number of urea groups is 1. The molecule has 0 saturated carbocycles. The monoisotopic (exact) mass is 350 g/mol. The Morgan fingerprint density at radius 1 is 1.33 bits per heavy atom. The number of halogens is 2. The van der Waals surface area contributed by atoms with Gasteiger partial charge in [0.1, 0.15) is 0 Å². The van der Waals surface area contributed by atoms with Crippen molar-refractivity contribution in [3.8, 4) is 0 Å². The van der Waals surface area contributed by atoms with Crippen LogP contribution >= 0.6 is 35.0 Å². The highest BCUT2D eigenvalue weighted by Gasteiger charge is 2.15. The van der Waals surface area contributed by atoms with Crippen LogP contribution in [0.25, 0.3) is 0 Å². The maximum atomic E-state index is 11.8. The Kier molecular flexibility index (Phi) is 7.14. The number of hydrogen-bond donors (Lipinski definition) is 3. The van der Waals surface area contributed by atoms with Gasteiger partial charge in [-0.15, -0.1) is 0 Å². The average Bonchev–Trinajstić information content (AvgIpc) is 2.40. The maximum Gasteiger partial charge on any atom is 0.335 e. The number of nitrogens with one attached hydrogen (secondary N) is 2. The van der Waals surface area contributed by atoms with E-state index in [1.165, 1.54) is 12.1 Å². The number of hydrogen-bond acceptors (Lipinski definition) is 3. The second kappa shape index (κ2) is 8.36. The molecule has 1 aromatic rings. The predicted molar refractivity (Wildman–Crippen MR) is 88.0 cm³/mol. The number of carboxylic acid groups (broad SMARTS) is 1. The standard InChI is InChI=1S/C13H16Cl2N2O3S/c1-7(3-4-21-2)16-13(20)17-11-9(14)5-8(12(18)19)6-10(11)15/h5-7H,3-4H2,1-2H3,(H,18,19)(H2,16,17,20). The third kappa shape index (κ3) is 5.65. The summed E-state index contributed by atoms with van der Waals surface area (Å²) in [5, 5.41) is 14.3. The van der Waals surface area contributed by atoms with Crippen molar-refractivity contribution in [3.05, 3.63) is 27.7 Å². The van der Waals surface area contributed by atoms with Crippen LogP contribution < -0.4 is 10.6 Å². The van der Waals surface area contributed by atoms with Gasteiger partial charge in [-0.3, -0.25) is 0 Å². The molecular weight excluding hydrogens is 335 g/mol. The summed E-state index contributed by atoms with van der Waals surface area (Å²) < 4.78 is 0. The third-order valence-corrected chi connectivity index (χ3v) is 3.90. The van der Waals surface area contributed by atoms with E-state index < -0.39 is 12.0 Å². The molecule has 0 fully saturated rings. The Morgan fingerprint density at radius 2 is 1.90 bits per heavy atom. The fourth-order valence-corrected chi connectivity index (χ4v) is 2.73. The van der Waals surface area contributed by atoms with E-state index in [0.717, 1.165) is 12.2 Å². The molecular formula is C13H16Cl2N2O3S. The topological polar surface area (TPSA) is 78.4 Å². The van der Waals surface area contributed by atoms with Crippen molar-refractivity contribution in [2.45, 2.75) is 19.4 Å². The number of carbonyl (C=O) groups is 2. The molecule has 2 amide bonds. The number of carbonyl (C=O) groups excluding carboxylic acids is 1. The Bertz CT molecular complexity index is 517. The van der Waals surface area contributed by atoms with Crippen LogP contribution in [0.4, 0.5) is 10.5 Å². The molecule has 21 heavy (non-hydrogen) atoms. The van der Waals surface area contributed by atoms with E-state index in [1.807, 2.05) is 13.2 Å². The van der Waals surface area contributed by atoms with Gasteiger partial charge >= 0.3 is 12.0 Å². The Balaban J connectivity index is 2.74. The predicted octanol–water partition coefficient (Wildman–Crippen LogP) is 3.95. The van der Waals surface area contributed by atoms with E-state index in [9.17, 15) is 9.59 Å². The van der Waals surface area contributed by atoms with Gasteiger partial charge in [-0.2, -0.15) is 11.8 Å². The van der Waals surface area contributed by atoms with Crippen LogP contribution in [0.2, 0.25) is 10.0 Å². The first-order chi connectivity index (χ1) is 9.85. The van der Waals surface area contributed by atoms with Crippen LogP contribution in [0.5, 0.6) is 0 Å². The van der Waals surface area contributed by atoms with Gasteiger partial charge in [0.2, 0.25) is 0 Å². The first kappa shape index (κ1) is 17.9. The lowest BCUT2D eigenvalue weighted by Gasteiger charge is -2.15. The van der Waals surface area contributed by atoms with E-state index in [-0.39, 0.29) is 27.3 Å². The van der Waals surface area contributed by atoms with Crippen molar-refractivity contribution in [3.63, 3.8) is 0 Å². The molecule has 0 radical (unpaired) electrons. The van der Waals surface area contributed by atoms with Crippen molar-refractivity contribution in [2.24, 2.45) is 0 Å². The molecule has 1 rings (SSSR count). The van der Waals surface area contributed by atoms with Crippen LogP contribution in [0.3, 0.4) is 0 Å². The molecule has 1 atom stereocenters. The Morgan fingerprint density at radius 3 is 2.38 bits per heavy atom. The molecule has 3 N–H and O–H groups in total. The second-order valence-corrected chi connectivity index (χ2v) is 6.20. The van der Waals surface area contributed by atoms with Gasteiger partial charge < -0.3 is 15.7 Å². The summed E-state index contributed by atoms with van der Waals surface area (Å²) in [6.45, 7) is 1.90. The molecule has 1 unspecified atom stereocenters. The van der Waals surface area contributed by atoms with E-state index in [0.29, 0.717) is 0 Å². The molecule has 0 aliphatic rings. The highest BCUT2D eigenvalue weighted by molar-refractivity contribution is 7.98. The summed E-state index contributed by atoms with van der Waals surface area (Å²) in [6, 6.07) is 2.05. The first-order valence-electron chi connectivity index (χ1n) is 6.14. The third-order valence-electron chi connectivity index (χ3n) is 2.66. The van der Waals surface area contributed by atoms with E-state index in [4.69, 9.17) is 28.3 Å². The zero-order valence-corrected chi connectivity index (χ0v) is 13.9. The number of amides is 2. The number of rotatable bonds is 6. The van der Waals surface area contributed by atoms with Gasteiger partial charge in [0.15, 0.2) is 0 Å². The summed E-state index contributed by atoms with van der Waals surface area (Å²) in [5.74, 6) is -0.198. The molecule has 0 heterocycles. The van der Waals surface area contributed by atoms with Gasteiger partial charge in [-0.1, -0.05) is 23.2 Å². The molecule has 0 aromatic heterocycles. The Labute approximate surface area is 137 Å². The lowest BCUT2D eigenvalue weighted by Crippen LogP contribution is -2.36. The van der Waals surface area contributed by atoms with Crippen molar-refractivity contribution < 1.29 is 14.7 Å². The smallest absolute Gasteiger partial charge is 0.335 e. The van der Waals surface area contributed by atoms with Crippen LogP contribution in [0, 0.1) is 0 Å². The van der Waals surface area contributed by atoms with Crippen LogP contribution in [0.15, 0.2) is 12.1 Å². The van der Waals surface area contributed by atoms with Crippen LogP contribution in [0.1, 0.15) is 23.7 Å². The molecule has 1 aromatic carbocycles. The summed E-state index contributed by atoms with van der Waals surface area (Å²) >= 11 is 13.6. The minimum atomic E-state index is -1.14. The number of benzene rings is 1. The molecule has 0 aliphatic heterocycles. The number of anilines is 1. The molecule has 0 spiro atoms. The van der Waals surface area contributed by atoms with Crippen LogP contribution in [-0.2, 0) is 0 Å². The van der Waals surface area contributed by atoms with Gasteiger partial charge in [-0.05, 0) is 37.5 Å². The molecule has 0 aliphatic carbocycles. The molecule has 116 valence electrons. The molecule has 0 bridgehead atoms. The Hall–Kier alpha value is -1.11. The highest BCUT2D eigenvalue weighted by Crippen LogP contribution is 2.31. The van der Waals surface area contributed by atoms with Crippen molar-refractivity contribution in [1.29, 1.82) is 0 Å². The van der Waals surface area contributed by atoms with Crippen LogP contribution in [-0.4, -0.2) is 35.2 Å². The maximum absolute atomic E-state index is 11.8. The lowest BCUT2D eigenvalue weighted by atomic mass is 10.2. The van der Waals surface area contributed by atoms with E-state index >= 15 is 0 Å². The van der Waals surface area contributed by atoms with Gasteiger partial charge in [-0.25, -0.2) is 9.59 Å². The molecule has 0 saturated heterocycles.